The minimum Gasteiger partial charge on any atom is -0.360 e. The van der Waals surface area contributed by atoms with Crippen LogP contribution in [-0.4, -0.2) is 40.6 Å². The average Bonchev–Trinajstić information content (AvgIpc) is 3.28. The van der Waals surface area contributed by atoms with Crippen LogP contribution in [0.5, 0.6) is 0 Å². The second-order valence-electron chi connectivity index (χ2n) is 7.79. The molecule has 0 spiro atoms. The van der Waals surface area contributed by atoms with Gasteiger partial charge in [0, 0.05) is 18.8 Å². The number of allylic oxidation sites excluding steroid dienone is 1. The fourth-order valence-corrected chi connectivity index (χ4v) is 5.63. The first-order valence-electron chi connectivity index (χ1n) is 9.88. The van der Waals surface area contributed by atoms with Crippen LogP contribution in [-0.2, 0) is 14.8 Å². The van der Waals surface area contributed by atoms with Crippen molar-refractivity contribution in [2.75, 3.05) is 12.4 Å². The molecule has 0 radical (unpaired) electrons. The van der Waals surface area contributed by atoms with Crippen molar-refractivity contribution in [3.05, 3.63) is 68.3 Å². The van der Waals surface area contributed by atoms with Crippen molar-refractivity contribution < 1.29 is 17.7 Å². The Labute approximate surface area is 201 Å². The normalized spacial score (nSPS) is 15.9. The monoisotopic (exact) mass is 509 g/mol. The molecule has 1 amide bonds. The number of benzene rings is 1. The van der Waals surface area contributed by atoms with E-state index in [9.17, 15) is 13.2 Å². The average molecular weight is 510 g/mol. The molecule has 2 aromatic heterocycles. The number of aryl methyl sites for hydroxylation is 3. The number of sulfonamides is 1. The number of nitrogens with zero attached hydrogens (tertiary/aromatic N) is 4. The molecule has 3 aromatic rings. The highest BCUT2D eigenvalue weighted by molar-refractivity contribution is 7.89. The van der Waals surface area contributed by atoms with E-state index in [1.807, 2.05) is 13.0 Å². The molecule has 4 rings (SSSR count). The van der Waals surface area contributed by atoms with Gasteiger partial charge in [0.25, 0.3) is 15.9 Å². The van der Waals surface area contributed by atoms with Crippen molar-refractivity contribution in [3.63, 3.8) is 0 Å². The summed E-state index contributed by atoms with van der Waals surface area (Å²) < 4.78 is 34.0. The highest BCUT2D eigenvalue weighted by Gasteiger charge is 2.39. The van der Waals surface area contributed by atoms with Crippen LogP contribution in [0.15, 0.2) is 45.0 Å². The Balaban J connectivity index is 1.86. The number of aromatic nitrogens is 3. The van der Waals surface area contributed by atoms with Gasteiger partial charge < -0.3 is 9.84 Å². The first kappa shape index (κ1) is 23.3. The predicted octanol–water partition coefficient (Wildman–Crippen LogP) is 4.24. The number of likely N-dealkylation sites (N-methyl/N-ethyl adjacent to an activating group) is 1. The van der Waals surface area contributed by atoms with Gasteiger partial charge in [0.05, 0.1) is 21.3 Å². The van der Waals surface area contributed by atoms with E-state index in [1.54, 1.807) is 29.8 Å². The maximum absolute atomic E-state index is 13.7. The molecule has 1 unspecified atom stereocenters. The van der Waals surface area contributed by atoms with Gasteiger partial charge in [0.15, 0.2) is 10.7 Å². The van der Waals surface area contributed by atoms with E-state index in [4.69, 9.17) is 27.7 Å². The zero-order valence-corrected chi connectivity index (χ0v) is 20.8. The Hall–Kier alpha value is -2.82. The van der Waals surface area contributed by atoms with Gasteiger partial charge in [-0.25, -0.2) is 17.4 Å². The number of anilines is 1. The van der Waals surface area contributed by atoms with Crippen LogP contribution >= 0.6 is 23.2 Å². The van der Waals surface area contributed by atoms with Crippen LogP contribution in [0.3, 0.4) is 0 Å². The lowest BCUT2D eigenvalue weighted by atomic mass is 9.95. The summed E-state index contributed by atoms with van der Waals surface area (Å²) in [5.41, 5.74) is 2.21. The molecule has 1 aliphatic rings. The van der Waals surface area contributed by atoms with Crippen molar-refractivity contribution in [1.82, 2.24) is 19.2 Å². The standard InChI is InChI=1S/C21H21Cl2N5O4S/c1-10-8-17-24-11(2)18(19(28(17)25-10)14-6-7-15(22)16(23)9-14)21(29)27(5)33(30,31)20-12(3)26-32-13(20)4/h6-9,19,24H,1-5H3. The van der Waals surface area contributed by atoms with Crippen LogP contribution in [0.2, 0.25) is 10.0 Å². The topological polar surface area (TPSA) is 110 Å². The van der Waals surface area contributed by atoms with Crippen molar-refractivity contribution in [3.8, 4) is 0 Å². The number of amides is 1. The summed E-state index contributed by atoms with van der Waals surface area (Å²) >= 11 is 12.4. The number of fused-ring (bicyclic) bond motifs is 1. The Morgan fingerprint density at radius 3 is 2.45 bits per heavy atom. The Morgan fingerprint density at radius 1 is 1.15 bits per heavy atom. The molecular formula is C21H21Cl2N5O4S. The molecule has 0 saturated heterocycles. The minimum absolute atomic E-state index is 0.102. The highest BCUT2D eigenvalue weighted by Crippen LogP contribution is 2.39. The molecule has 0 aliphatic carbocycles. The number of carbonyl (C=O) groups is 1. The number of halogens is 2. The molecule has 1 atom stereocenters. The molecule has 0 fully saturated rings. The zero-order valence-electron chi connectivity index (χ0n) is 18.5. The van der Waals surface area contributed by atoms with E-state index in [2.05, 4.69) is 15.6 Å². The second kappa shape index (κ2) is 8.19. The third kappa shape index (κ3) is 3.81. The Kier molecular flexibility index (Phi) is 5.80. The van der Waals surface area contributed by atoms with Gasteiger partial charge in [-0.1, -0.05) is 34.4 Å². The fraction of sp³-hybridized carbons (Fsp3) is 0.286. The molecule has 174 valence electrons. The first-order chi connectivity index (χ1) is 15.4. The SMILES string of the molecule is CC1=C(C(=O)N(C)S(=O)(=O)c2c(C)noc2C)C(c2ccc(Cl)c(Cl)c2)n2nc(C)cc2N1. The summed E-state index contributed by atoms with van der Waals surface area (Å²) in [5, 5.41) is 12.0. The van der Waals surface area contributed by atoms with Gasteiger partial charge in [0.2, 0.25) is 0 Å². The van der Waals surface area contributed by atoms with Crippen LogP contribution in [0.25, 0.3) is 0 Å². The zero-order chi connectivity index (χ0) is 24.2. The lowest BCUT2D eigenvalue weighted by Crippen LogP contribution is -2.39. The summed E-state index contributed by atoms with van der Waals surface area (Å²) in [5.74, 6) is 0.0365. The number of rotatable bonds is 4. The molecule has 12 heteroatoms. The van der Waals surface area contributed by atoms with E-state index in [0.29, 0.717) is 31.4 Å². The molecule has 1 aliphatic heterocycles. The van der Waals surface area contributed by atoms with Gasteiger partial charge in [-0.2, -0.15) is 5.10 Å². The third-order valence-electron chi connectivity index (χ3n) is 5.46. The molecular weight excluding hydrogens is 489 g/mol. The van der Waals surface area contributed by atoms with Crippen LogP contribution in [0, 0.1) is 20.8 Å². The largest absolute Gasteiger partial charge is 0.360 e. The molecule has 1 aromatic carbocycles. The summed E-state index contributed by atoms with van der Waals surface area (Å²) in [4.78, 5) is 13.6. The quantitative estimate of drug-likeness (QED) is 0.559. The smallest absolute Gasteiger partial charge is 0.271 e. The van der Waals surface area contributed by atoms with Crippen molar-refractivity contribution in [1.29, 1.82) is 0 Å². The van der Waals surface area contributed by atoms with E-state index in [1.165, 1.54) is 20.9 Å². The number of nitrogens with one attached hydrogen (secondary N) is 1. The summed E-state index contributed by atoms with van der Waals surface area (Å²) in [6.45, 7) is 6.52. The second-order valence-corrected chi connectivity index (χ2v) is 10.5. The van der Waals surface area contributed by atoms with Crippen molar-refractivity contribution in [2.24, 2.45) is 0 Å². The summed E-state index contributed by atoms with van der Waals surface area (Å²) in [6.07, 6.45) is 0. The van der Waals surface area contributed by atoms with Crippen molar-refractivity contribution >= 4 is 45.0 Å². The maximum Gasteiger partial charge on any atom is 0.271 e. The maximum atomic E-state index is 13.7. The molecule has 0 saturated carbocycles. The van der Waals surface area contributed by atoms with Crippen LogP contribution < -0.4 is 5.32 Å². The Bertz CT molecular complexity index is 1400. The van der Waals surface area contributed by atoms with Gasteiger partial charge in [0.1, 0.15) is 17.6 Å². The fourth-order valence-electron chi connectivity index (χ4n) is 3.92. The van der Waals surface area contributed by atoms with E-state index < -0.39 is 22.0 Å². The lowest BCUT2D eigenvalue weighted by Gasteiger charge is -2.31. The van der Waals surface area contributed by atoms with E-state index in [0.717, 1.165) is 5.69 Å². The summed E-state index contributed by atoms with van der Waals surface area (Å²) in [7, 11) is -3.02. The van der Waals surface area contributed by atoms with Gasteiger partial charge in [-0.15, -0.1) is 0 Å². The Morgan fingerprint density at radius 2 is 1.85 bits per heavy atom. The van der Waals surface area contributed by atoms with Crippen molar-refractivity contribution in [2.45, 2.75) is 38.6 Å². The first-order valence-corrected chi connectivity index (χ1v) is 12.1. The molecule has 0 bridgehead atoms. The van der Waals surface area contributed by atoms with Crippen LogP contribution in [0.1, 0.15) is 35.7 Å². The molecule has 3 heterocycles. The molecule has 9 nitrogen and oxygen atoms in total. The predicted molar refractivity (Wildman–Crippen MR) is 124 cm³/mol. The van der Waals surface area contributed by atoms with E-state index in [-0.39, 0.29) is 21.9 Å². The number of hydrogen-bond donors (Lipinski definition) is 1. The van der Waals surface area contributed by atoms with Gasteiger partial charge >= 0.3 is 0 Å². The highest BCUT2D eigenvalue weighted by atomic mass is 35.5. The summed E-state index contributed by atoms with van der Waals surface area (Å²) in [6, 6.07) is 6.09. The number of hydrogen-bond acceptors (Lipinski definition) is 7. The lowest BCUT2D eigenvalue weighted by molar-refractivity contribution is -0.122. The van der Waals surface area contributed by atoms with E-state index >= 15 is 0 Å². The van der Waals surface area contributed by atoms with Crippen LogP contribution in [0.4, 0.5) is 5.82 Å². The van der Waals surface area contributed by atoms with Gasteiger partial charge in [-0.05, 0) is 45.4 Å². The third-order valence-corrected chi connectivity index (χ3v) is 8.18. The molecule has 1 N–H and O–H groups in total. The van der Waals surface area contributed by atoms with Gasteiger partial charge in [-0.3, -0.25) is 4.79 Å². The minimum atomic E-state index is -4.23. The molecule has 33 heavy (non-hydrogen) atoms. The number of carbonyl (C=O) groups excluding carboxylic acids is 1.